The minimum Gasteiger partial charge on any atom is -0.468 e. The largest absolute Gasteiger partial charge is 0.468 e. The first-order valence-corrected chi connectivity index (χ1v) is 6.86. The summed E-state index contributed by atoms with van der Waals surface area (Å²) in [6.45, 7) is 4.32. The molecule has 2 aliphatic rings. The van der Waals surface area contributed by atoms with E-state index in [-0.39, 0.29) is 5.41 Å². The summed E-state index contributed by atoms with van der Waals surface area (Å²) in [4.78, 5) is 2.53. The second-order valence-electron chi connectivity index (χ2n) is 5.72. The number of furan rings is 1. The predicted octanol–water partition coefficient (Wildman–Crippen LogP) is 1.61. The number of hydrogen-bond acceptors (Lipinski definition) is 4. The first kappa shape index (κ1) is 12.2. The second-order valence-corrected chi connectivity index (χ2v) is 5.72. The fraction of sp³-hybridized carbons (Fsp3) is 0.714. The molecule has 4 nitrogen and oxygen atoms in total. The molecule has 0 aromatic carbocycles. The van der Waals surface area contributed by atoms with Gasteiger partial charge in [0.25, 0.3) is 0 Å². The van der Waals surface area contributed by atoms with Gasteiger partial charge in [-0.15, -0.1) is 0 Å². The van der Waals surface area contributed by atoms with Crippen molar-refractivity contribution in [3.05, 3.63) is 24.2 Å². The van der Waals surface area contributed by atoms with Gasteiger partial charge in [-0.05, 0) is 31.4 Å². The molecule has 1 aromatic heterocycles. The van der Waals surface area contributed by atoms with Gasteiger partial charge >= 0.3 is 0 Å². The number of ether oxygens (including phenoxy) is 1. The summed E-state index contributed by atoms with van der Waals surface area (Å²) in [5.74, 6) is 1.05. The summed E-state index contributed by atoms with van der Waals surface area (Å²) >= 11 is 0. The van der Waals surface area contributed by atoms with Gasteiger partial charge in [-0.2, -0.15) is 0 Å². The van der Waals surface area contributed by atoms with Crippen LogP contribution >= 0.6 is 0 Å². The molecular formula is C14H22N2O2. The monoisotopic (exact) mass is 250 g/mol. The van der Waals surface area contributed by atoms with Crippen molar-refractivity contribution in [2.45, 2.75) is 31.8 Å². The maximum atomic E-state index is 5.98. The zero-order valence-electron chi connectivity index (χ0n) is 10.8. The van der Waals surface area contributed by atoms with E-state index in [0.29, 0.717) is 6.54 Å². The molecule has 1 aliphatic carbocycles. The van der Waals surface area contributed by atoms with Crippen LogP contribution in [-0.4, -0.2) is 37.2 Å². The molecule has 100 valence electrons. The average molecular weight is 250 g/mol. The van der Waals surface area contributed by atoms with Gasteiger partial charge in [0, 0.05) is 31.2 Å². The van der Waals surface area contributed by atoms with Gasteiger partial charge in [-0.1, -0.05) is 0 Å². The fourth-order valence-corrected chi connectivity index (χ4v) is 2.79. The Balaban J connectivity index is 1.66. The molecule has 0 bridgehead atoms. The highest BCUT2D eigenvalue weighted by Crippen LogP contribution is 2.35. The quantitative estimate of drug-likeness (QED) is 0.833. The fourth-order valence-electron chi connectivity index (χ4n) is 2.79. The molecule has 1 aromatic rings. The smallest absolute Gasteiger partial charge is 0.117 e. The maximum absolute atomic E-state index is 5.98. The molecule has 1 atom stereocenters. The van der Waals surface area contributed by atoms with Crippen LogP contribution in [0.2, 0.25) is 0 Å². The highest BCUT2D eigenvalue weighted by atomic mass is 16.5. The lowest BCUT2D eigenvalue weighted by Gasteiger charge is -2.33. The Labute approximate surface area is 108 Å². The Bertz CT molecular complexity index is 367. The molecule has 2 N–H and O–H groups in total. The average Bonchev–Trinajstić information content (AvgIpc) is 2.92. The van der Waals surface area contributed by atoms with Gasteiger partial charge in [-0.3, -0.25) is 4.90 Å². The lowest BCUT2D eigenvalue weighted by Crippen LogP contribution is -2.43. The summed E-state index contributed by atoms with van der Waals surface area (Å²) in [6, 6.07) is 4.73. The van der Waals surface area contributed by atoms with Crippen molar-refractivity contribution in [1.29, 1.82) is 0 Å². The van der Waals surface area contributed by atoms with Crippen molar-refractivity contribution in [2.75, 3.05) is 26.3 Å². The Morgan fingerprint density at radius 2 is 2.33 bits per heavy atom. The van der Waals surface area contributed by atoms with Crippen LogP contribution < -0.4 is 5.73 Å². The first-order chi connectivity index (χ1) is 8.81. The van der Waals surface area contributed by atoms with Crippen molar-refractivity contribution in [1.82, 2.24) is 4.90 Å². The van der Waals surface area contributed by atoms with Crippen LogP contribution in [0.1, 0.15) is 25.0 Å². The number of nitrogens with two attached hydrogens (primary N) is 1. The summed E-state index contributed by atoms with van der Waals surface area (Å²) in [6.07, 6.45) is 5.45. The molecule has 18 heavy (non-hydrogen) atoms. The van der Waals surface area contributed by atoms with Crippen LogP contribution in [0.4, 0.5) is 0 Å². The molecule has 0 spiro atoms. The van der Waals surface area contributed by atoms with Crippen LogP contribution in [0.25, 0.3) is 0 Å². The second kappa shape index (κ2) is 5.03. The van der Waals surface area contributed by atoms with E-state index in [4.69, 9.17) is 14.9 Å². The molecular weight excluding hydrogens is 228 g/mol. The van der Waals surface area contributed by atoms with E-state index in [9.17, 15) is 0 Å². The lowest BCUT2D eigenvalue weighted by atomic mass is 9.86. The minimum absolute atomic E-state index is 0.162. The third kappa shape index (κ3) is 2.60. The Kier molecular flexibility index (Phi) is 3.41. The van der Waals surface area contributed by atoms with E-state index in [1.807, 2.05) is 6.07 Å². The van der Waals surface area contributed by atoms with Crippen LogP contribution in [0.5, 0.6) is 0 Å². The molecule has 4 heteroatoms. The molecule has 0 radical (unpaired) electrons. The third-order valence-corrected chi connectivity index (χ3v) is 4.16. The number of hydrogen-bond donors (Lipinski definition) is 1. The Morgan fingerprint density at radius 3 is 2.89 bits per heavy atom. The van der Waals surface area contributed by atoms with Gasteiger partial charge < -0.3 is 14.9 Å². The van der Waals surface area contributed by atoms with Crippen molar-refractivity contribution < 1.29 is 9.15 Å². The summed E-state index contributed by atoms with van der Waals surface area (Å²) in [5.41, 5.74) is 6.14. The van der Waals surface area contributed by atoms with Crippen molar-refractivity contribution in [2.24, 2.45) is 11.1 Å². The predicted molar refractivity (Wildman–Crippen MR) is 69.1 cm³/mol. The Morgan fingerprint density at radius 1 is 1.44 bits per heavy atom. The molecule has 2 fully saturated rings. The zero-order chi connectivity index (χ0) is 12.4. The zero-order valence-corrected chi connectivity index (χ0v) is 10.8. The topological polar surface area (TPSA) is 51.6 Å². The lowest BCUT2D eigenvalue weighted by molar-refractivity contribution is 0.103. The van der Waals surface area contributed by atoms with Gasteiger partial charge in [0.2, 0.25) is 0 Å². The van der Waals surface area contributed by atoms with Gasteiger partial charge in [0.15, 0.2) is 0 Å². The van der Waals surface area contributed by atoms with Gasteiger partial charge in [0.05, 0.1) is 19.4 Å². The summed E-state index contributed by atoms with van der Waals surface area (Å²) in [7, 11) is 0. The van der Waals surface area contributed by atoms with Gasteiger partial charge in [0.1, 0.15) is 5.76 Å². The molecule has 0 amide bonds. The highest BCUT2D eigenvalue weighted by Gasteiger charge is 2.39. The normalized spacial score (nSPS) is 28.1. The van der Waals surface area contributed by atoms with E-state index >= 15 is 0 Å². The van der Waals surface area contributed by atoms with E-state index in [0.717, 1.165) is 44.5 Å². The SMILES string of the molecule is NCC1(CN(Cc2ccco2)C2CC2)CCOC1. The molecule has 1 saturated carbocycles. The molecule has 1 saturated heterocycles. The van der Waals surface area contributed by atoms with Crippen molar-refractivity contribution in [3.8, 4) is 0 Å². The molecule has 1 unspecified atom stereocenters. The first-order valence-electron chi connectivity index (χ1n) is 6.86. The third-order valence-electron chi connectivity index (χ3n) is 4.16. The Hall–Kier alpha value is -0.840. The molecule has 1 aliphatic heterocycles. The number of rotatable bonds is 6. The van der Waals surface area contributed by atoms with E-state index < -0.39 is 0 Å². The van der Waals surface area contributed by atoms with E-state index in [2.05, 4.69) is 11.0 Å². The van der Waals surface area contributed by atoms with Crippen LogP contribution in [0.15, 0.2) is 22.8 Å². The van der Waals surface area contributed by atoms with Crippen LogP contribution in [0.3, 0.4) is 0 Å². The highest BCUT2D eigenvalue weighted by molar-refractivity contribution is 5.01. The minimum atomic E-state index is 0.162. The molecule has 2 heterocycles. The maximum Gasteiger partial charge on any atom is 0.117 e. The molecule has 3 rings (SSSR count). The number of nitrogens with zero attached hydrogens (tertiary/aromatic N) is 1. The summed E-state index contributed by atoms with van der Waals surface area (Å²) < 4.78 is 11.0. The van der Waals surface area contributed by atoms with Crippen molar-refractivity contribution in [3.63, 3.8) is 0 Å². The van der Waals surface area contributed by atoms with Crippen LogP contribution in [0, 0.1) is 5.41 Å². The van der Waals surface area contributed by atoms with E-state index in [1.54, 1.807) is 6.26 Å². The standard InChI is InChI=1S/C14H22N2O2/c15-9-14(5-7-17-11-14)10-16(12-3-4-12)8-13-2-1-6-18-13/h1-2,6,12H,3-5,7-11,15H2. The van der Waals surface area contributed by atoms with Crippen molar-refractivity contribution >= 4 is 0 Å². The summed E-state index contributed by atoms with van der Waals surface area (Å²) in [5, 5.41) is 0. The van der Waals surface area contributed by atoms with Gasteiger partial charge in [-0.25, -0.2) is 0 Å². The van der Waals surface area contributed by atoms with E-state index in [1.165, 1.54) is 12.8 Å². The van der Waals surface area contributed by atoms with Crippen LogP contribution in [-0.2, 0) is 11.3 Å².